The van der Waals surface area contributed by atoms with Crippen molar-refractivity contribution in [2.24, 2.45) is 7.05 Å². The Morgan fingerprint density at radius 2 is 1.89 bits per heavy atom. The van der Waals surface area contributed by atoms with Crippen LogP contribution in [0.15, 0.2) is 24.3 Å². The van der Waals surface area contributed by atoms with Gasteiger partial charge in [-0.1, -0.05) is 19.1 Å². The van der Waals surface area contributed by atoms with Crippen LogP contribution in [0, 0.1) is 13.8 Å². The van der Waals surface area contributed by atoms with Crippen molar-refractivity contribution in [3.8, 4) is 0 Å². The van der Waals surface area contributed by atoms with Crippen molar-refractivity contribution in [1.29, 1.82) is 0 Å². The van der Waals surface area contributed by atoms with Crippen LogP contribution in [0.25, 0.3) is 0 Å². The summed E-state index contributed by atoms with van der Waals surface area (Å²) in [5, 5.41) is 7.22. The lowest BCUT2D eigenvalue weighted by Crippen LogP contribution is -2.13. The Kier molecular flexibility index (Phi) is 3.69. The molecule has 0 aliphatic carbocycles. The van der Waals surface area contributed by atoms with E-state index in [1.165, 1.54) is 5.56 Å². The molecular weight excluding hydrogens is 238 g/mol. The summed E-state index contributed by atoms with van der Waals surface area (Å²) in [7, 11) is 1.87. The Bertz CT molecular complexity index is 597. The molecule has 1 amide bonds. The fourth-order valence-corrected chi connectivity index (χ4v) is 2.03. The molecule has 19 heavy (non-hydrogen) atoms. The van der Waals surface area contributed by atoms with Crippen LogP contribution in [0.4, 0.5) is 5.69 Å². The lowest BCUT2D eigenvalue weighted by Gasteiger charge is -2.06. The van der Waals surface area contributed by atoms with Gasteiger partial charge in [0.15, 0.2) is 0 Å². The summed E-state index contributed by atoms with van der Waals surface area (Å²) in [6.45, 7) is 5.93. The van der Waals surface area contributed by atoms with Crippen LogP contribution in [-0.4, -0.2) is 15.7 Å². The van der Waals surface area contributed by atoms with Gasteiger partial charge in [-0.2, -0.15) is 5.10 Å². The molecule has 1 aromatic carbocycles. The molecule has 1 N–H and O–H groups in total. The van der Waals surface area contributed by atoms with Gasteiger partial charge in [-0.3, -0.25) is 9.48 Å². The van der Waals surface area contributed by atoms with Crippen molar-refractivity contribution < 1.29 is 4.79 Å². The van der Waals surface area contributed by atoms with E-state index in [2.05, 4.69) is 17.3 Å². The molecule has 0 radical (unpaired) electrons. The molecule has 4 nitrogen and oxygen atoms in total. The second-order valence-corrected chi connectivity index (χ2v) is 4.67. The van der Waals surface area contributed by atoms with Crippen LogP contribution in [0.1, 0.15) is 34.2 Å². The predicted molar refractivity (Wildman–Crippen MR) is 76.5 cm³/mol. The van der Waals surface area contributed by atoms with Gasteiger partial charge in [0.2, 0.25) is 0 Å². The quantitative estimate of drug-likeness (QED) is 0.919. The molecule has 0 spiro atoms. The van der Waals surface area contributed by atoms with Crippen molar-refractivity contribution in [2.45, 2.75) is 27.2 Å². The molecule has 0 bridgehead atoms. The number of hydrogen-bond acceptors (Lipinski definition) is 2. The zero-order valence-electron chi connectivity index (χ0n) is 11.8. The van der Waals surface area contributed by atoms with Gasteiger partial charge >= 0.3 is 0 Å². The smallest absolute Gasteiger partial charge is 0.255 e. The van der Waals surface area contributed by atoms with Gasteiger partial charge < -0.3 is 5.32 Å². The minimum absolute atomic E-state index is 0.0955. The van der Waals surface area contributed by atoms with E-state index in [0.29, 0.717) is 5.56 Å². The summed E-state index contributed by atoms with van der Waals surface area (Å²) >= 11 is 0. The second-order valence-electron chi connectivity index (χ2n) is 4.67. The molecule has 0 fully saturated rings. The SMILES string of the molecule is CCc1ccc(C(=O)Nc2c(C)nn(C)c2C)cc1. The molecule has 0 unspecified atom stereocenters. The van der Waals surface area contributed by atoms with Crippen molar-refractivity contribution in [3.05, 3.63) is 46.8 Å². The molecule has 0 atom stereocenters. The minimum Gasteiger partial charge on any atom is -0.319 e. The van der Waals surface area contributed by atoms with Crippen molar-refractivity contribution in [1.82, 2.24) is 9.78 Å². The lowest BCUT2D eigenvalue weighted by molar-refractivity contribution is 0.102. The van der Waals surface area contributed by atoms with E-state index in [-0.39, 0.29) is 5.91 Å². The lowest BCUT2D eigenvalue weighted by atomic mass is 10.1. The van der Waals surface area contributed by atoms with Gasteiger partial charge in [0.25, 0.3) is 5.91 Å². The number of amides is 1. The molecule has 0 saturated carbocycles. The zero-order chi connectivity index (χ0) is 14.0. The van der Waals surface area contributed by atoms with Crippen LogP contribution in [0.3, 0.4) is 0 Å². The summed E-state index contributed by atoms with van der Waals surface area (Å²) in [4.78, 5) is 12.2. The Labute approximate surface area is 113 Å². The number of nitrogens with one attached hydrogen (secondary N) is 1. The Hall–Kier alpha value is -2.10. The highest BCUT2D eigenvalue weighted by Gasteiger charge is 2.13. The van der Waals surface area contributed by atoms with Crippen molar-refractivity contribution in [2.75, 3.05) is 5.32 Å². The van der Waals surface area contributed by atoms with Gasteiger partial charge in [-0.15, -0.1) is 0 Å². The average Bonchev–Trinajstić information content (AvgIpc) is 2.65. The van der Waals surface area contributed by atoms with Crippen LogP contribution >= 0.6 is 0 Å². The van der Waals surface area contributed by atoms with Crippen LogP contribution < -0.4 is 5.32 Å². The number of anilines is 1. The molecule has 2 aromatic rings. The van der Waals surface area contributed by atoms with Gasteiger partial charge in [-0.05, 0) is 38.0 Å². The fourth-order valence-electron chi connectivity index (χ4n) is 2.03. The minimum atomic E-state index is -0.0955. The van der Waals surface area contributed by atoms with E-state index in [9.17, 15) is 4.79 Å². The van der Waals surface area contributed by atoms with Crippen LogP contribution in [-0.2, 0) is 13.5 Å². The summed E-state index contributed by atoms with van der Waals surface area (Å²) in [6.07, 6.45) is 0.975. The first-order valence-corrected chi connectivity index (χ1v) is 6.43. The maximum atomic E-state index is 12.2. The maximum absolute atomic E-state index is 12.2. The summed E-state index contributed by atoms with van der Waals surface area (Å²) in [5.74, 6) is -0.0955. The van der Waals surface area contributed by atoms with E-state index in [1.807, 2.05) is 45.2 Å². The predicted octanol–water partition coefficient (Wildman–Crippen LogP) is 2.85. The first kappa shape index (κ1) is 13.3. The van der Waals surface area contributed by atoms with E-state index in [1.54, 1.807) is 4.68 Å². The molecule has 1 aromatic heterocycles. The topological polar surface area (TPSA) is 46.9 Å². The highest BCUT2D eigenvalue weighted by molar-refractivity contribution is 6.04. The highest BCUT2D eigenvalue weighted by atomic mass is 16.1. The van der Waals surface area contributed by atoms with Gasteiger partial charge in [0.1, 0.15) is 0 Å². The van der Waals surface area contributed by atoms with Crippen LogP contribution in [0.5, 0.6) is 0 Å². The zero-order valence-corrected chi connectivity index (χ0v) is 11.8. The molecule has 1 heterocycles. The third kappa shape index (κ3) is 2.67. The van der Waals surface area contributed by atoms with E-state index in [0.717, 1.165) is 23.5 Å². The number of carbonyl (C=O) groups excluding carboxylic acids is 1. The van der Waals surface area contributed by atoms with E-state index >= 15 is 0 Å². The average molecular weight is 257 g/mol. The standard InChI is InChI=1S/C15H19N3O/c1-5-12-6-8-13(9-7-12)15(19)16-14-10(2)17-18(4)11(14)3/h6-9H,5H2,1-4H3,(H,16,19). The summed E-state index contributed by atoms with van der Waals surface area (Å²) in [6, 6.07) is 7.68. The Morgan fingerprint density at radius 1 is 1.26 bits per heavy atom. The molecule has 0 saturated heterocycles. The molecular formula is C15H19N3O. The number of aryl methyl sites for hydroxylation is 3. The largest absolute Gasteiger partial charge is 0.319 e. The normalized spacial score (nSPS) is 10.5. The number of hydrogen-bond donors (Lipinski definition) is 1. The molecule has 0 aliphatic heterocycles. The van der Waals surface area contributed by atoms with Gasteiger partial charge in [0, 0.05) is 12.6 Å². The third-order valence-electron chi connectivity index (χ3n) is 3.37. The molecule has 100 valence electrons. The number of rotatable bonds is 3. The van der Waals surface area contributed by atoms with E-state index in [4.69, 9.17) is 0 Å². The number of nitrogens with zero attached hydrogens (tertiary/aromatic N) is 2. The van der Waals surface area contributed by atoms with Crippen molar-refractivity contribution >= 4 is 11.6 Å². The number of carbonyl (C=O) groups is 1. The Balaban J connectivity index is 2.20. The number of aromatic nitrogens is 2. The first-order chi connectivity index (χ1) is 9.02. The second kappa shape index (κ2) is 5.26. The third-order valence-corrected chi connectivity index (χ3v) is 3.37. The Morgan fingerprint density at radius 3 is 2.37 bits per heavy atom. The van der Waals surface area contributed by atoms with E-state index < -0.39 is 0 Å². The highest BCUT2D eigenvalue weighted by Crippen LogP contribution is 2.19. The van der Waals surface area contributed by atoms with Gasteiger partial charge in [-0.25, -0.2) is 0 Å². The van der Waals surface area contributed by atoms with Gasteiger partial charge in [0.05, 0.1) is 17.1 Å². The summed E-state index contributed by atoms with van der Waals surface area (Å²) in [5.41, 5.74) is 4.48. The van der Waals surface area contributed by atoms with Crippen LogP contribution in [0.2, 0.25) is 0 Å². The van der Waals surface area contributed by atoms with Crippen molar-refractivity contribution in [3.63, 3.8) is 0 Å². The maximum Gasteiger partial charge on any atom is 0.255 e. The fraction of sp³-hybridized carbons (Fsp3) is 0.333. The number of benzene rings is 1. The molecule has 0 aliphatic rings. The summed E-state index contributed by atoms with van der Waals surface area (Å²) < 4.78 is 1.77. The first-order valence-electron chi connectivity index (χ1n) is 6.43. The molecule has 4 heteroatoms. The molecule has 2 rings (SSSR count). The monoisotopic (exact) mass is 257 g/mol.